The number of anilines is 2. The van der Waals surface area contributed by atoms with E-state index in [1.54, 1.807) is 19.2 Å². The quantitative estimate of drug-likeness (QED) is 0.896. The highest BCUT2D eigenvalue weighted by Gasteiger charge is 2.18. The van der Waals surface area contributed by atoms with Gasteiger partial charge in [-0.05, 0) is 31.2 Å². The molecule has 0 amide bonds. The van der Waals surface area contributed by atoms with Crippen LogP contribution in [0.3, 0.4) is 0 Å². The van der Waals surface area contributed by atoms with Crippen molar-refractivity contribution in [3.63, 3.8) is 0 Å². The lowest BCUT2D eigenvalue weighted by atomic mass is 10.1. The van der Waals surface area contributed by atoms with Gasteiger partial charge in [-0.3, -0.25) is 0 Å². The van der Waals surface area contributed by atoms with Crippen LogP contribution in [-0.2, 0) is 13.0 Å². The van der Waals surface area contributed by atoms with E-state index in [2.05, 4.69) is 20.6 Å². The van der Waals surface area contributed by atoms with Crippen LogP contribution in [0, 0.1) is 5.82 Å². The van der Waals surface area contributed by atoms with Crippen LogP contribution in [0.5, 0.6) is 5.88 Å². The van der Waals surface area contributed by atoms with Crippen molar-refractivity contribution in [1.82, 2.24) is 15.3 Å². The average Bonchev–Trinajstić information content (AvgIpc) is 2.46. The number of rotatable bonds is 3. The molecule has 0 aliphatic carbocycles. The lowest BCUT2D eigenvalue weighted by molar-refractivity contribution is 0.387. The minimum absolute atomic E-state index is 0.304. The summed E-state index contributed by atoms with van der Waals surface area (Å²) >= 11 is 0. The fourth-order valence-electron chi connectivity index (χ4n) is 2.25. The van der Waals surface area contributed by atoms with Crippen LogP contribution in [-0.4, -0.2) is 23.6 Å². The first kappa shape index (κ1) is 12.8. The Morgan fingerprint density at radius 2 is 2.25 bits per heavy atom. The average molecular weight is 274 g/mol. The van der Waals surface area contributed by atoms with Crippen molar-refractivity contribution >= 4 is 11.6 Å². The monoisotopic (exact) mass is 274 g/mol. The second-order valence-corrected chi connectivity index (χ2v) is 4.54. The van der Waals surface area contributed by atoms with Gasteiger partial charge in [0.15, 0.2) is 0 Å². The summed E-state index contributed by atoms with van der Waals surface area (Å²) in [5, 5.41) is 6.26. The Morgan fingerprint density at radius 1 is 1.35 bits per heavy atom. The van der Waals surface area contributed by atoms with E-state index in [-0.39, 0.29) is 5.82 Å². The lowest BCUT2D eigenvalue weighted by Crippen LogP contribution is -2.26. The molecule has 5 nitrogen and oxygen atoms in total. The SMILES string of the molecule is COc1nc(Nc2cccc(F)c2)nc2c1CCNC2. The van der Waals surface area contributed by atoms with E-state index in [1.807, 2.05) is 0 Å². The number of hydrogen-bond donors (Lipinski definition) is 2. The molecular formula is C14H15FN4O. The lowest BCUT2D eigenvalue weighted by Gasteiger charge is -2.19. The molecule has 3 rings (SSSR count). The molecule has 0 radical (unpaired) electrons. The molecule has 0 saturated carbocycles. The van der Waals surface area contributed by atoms with Crippen molar-refractivity contribution in [2.45, 2.75) is 13.0 Å². The number of halogens is 1. The maximum Gasteiger partial charge on any atom is 0.230 e. The van der Waals surface area contributed by atoms with Crippen molar-refractivity contribution in [3.05, 3.63) is 41.3 Å². The molecule has 20 heavy (non-hydrogen) atoms. The van der Waals surface area contributed by atoms with Crippen LogP contribution in [0.4, 0.5) is 16.0 Å². The number of nitrogens with zero attached hydrogens (tertiary/aromatic N) is 2. The number of ether oxygens (including phenoxy) is 1. The normalized spacial score (nSPS) is 13.7. The molecule has 2 heterocycles. The third-order valence-electron chi connectivity index (χ3n) is 3.17. The number of hydrogen-bond acceptors (Lipinski definition) is 5. The van der Waals surface area contributed by atoms with E-state index in [1.165, 1.54) is 12.1 Å². The molecule has 2 N–H and O–H groups in total. The minimum atomic E-state index is -0.304. The van der Waals surface area contributed by atoms with E-state index in [0.717, 1.165) is 24.2 Å². The molecule has 0 unspecified atom stereocenters. The fourth-order valence-corrected chi connectivity index (χ4v) is 2.25. The van der Waals surface area contributed by atoms with Crippen LogP contribution in [0.15, 0.2) is 24.3 Å². The maximum atomic E-state index is 13.2. The van der Waals surface area contributed by atoms with Crippen molar-refractivity contribution in [3.8, 4) is 5.88 Å². The number of fused-ring (bicyclic) bond motifs is 1. The molecule has 1 aromatic heterocycles. The Labute approximate surface area is 116 Å². The van der Waals surface area contributed by atoms with E-state index >= 15 is 0 Å². The first-order valence-corrected chi connectivity index (χ1v) is 6.43. The van der Waals surface area contributed by atoms with Gasteiger partial charge in [0.05, 0.1) is 12.8 Å². The predicted molar refractivity (Wildman–Crippen MR) is 73.7 cm³/mol. The predicted octanol–water partition coefficient (Wildman–Crippen LogP) is 2.01. The third kappa shape index (κ3) is 2.55. The Balaban J connectivity index is 1.94. The van der Waals surface area contributed by atoms with Crippen LogP contribution in [0.2, 0.25) is 0 Å². The summed E-state index contributed by atoms with van der Waals surface area (Å²) in [6.45, 7) is 1.58. The highest BCUT2D eigenvalue weighted by Crippen LogP contribution is 2.25. The Kier molecular flexibility index (Phi) is 3.47. The van der Waals surface area contributed by atoms with Gasteiger partial charge in [-0.25, -0.2) is 9.37 Å². The van der Waals surface area contributed by atoms with Crippen molar-refractivity contribution in [2.75, 3.05) is 19.0 Å². The zero-order chi connectivity index (χ0) is 13.9. The molecule has 0 fully saturated rings. The first-order chi connectivity index (χ1) is 9.76. The smallest absolute Gasteiger partial charge is 0.230 e. The number of aromatic nitrogens is 2. The Hall–Kier alpha value is -2.21. The summed E-state index contributed by atoms with van der Waals surface area (Å²) in [5.41, 5.74) is 2.56. The fraction of sp³-hybridized carbons (Fsp3) is 0.286. The third-order valence-corrected chi connectivity index (χ3v) is 3.17. The van der Waals surface area contributed by atoms with Gasteiger partial charge in [-0.15, -0.1) is 0 Å². The topological polar surface area (TPSA) is 59.1 Å². The van der Waals surface area contributed by atoms with Gasteiger partial charge >= 0.3 is 0 Å². The van der Waals surface area contributed by atoms with E-state index in [4.69, 9.17) is 4.74 Å². The molecule has 0 atom stereocenters. The highest BCUT2D eigenvalue weighted by atomic mass is 19.1. The Morgan fingerprint density at radius 3 is 3.05 bits per heavy atom. The first-order valence-electron chi connectivity index (χ1n) is 6.43. The molecule has 1 aromatic carbocycles. The molecule has 1 aliphatic rings. The van der Waals surface area contributed by atoms with Gasteiger partial charge in [0.25, 0.3) is 0 Å². The molecule has 6 heteroatoms. The molecule has 2 aromatic rings. The van der Waals surface area contributed by atoms with Crippen molar-refractivity contribution < 1.29 is 9.13 Å². The second-order valence-electron chi connectivity index (χ2n) is 4.54. The van der Waals surface area contributed by atoms with Gasteiger partial charge in [-0.1, -0.05) is 6.07 Å². The zero-order valence-electron chi connectivity index (χ0n) is 11.1. The van der Waals surface area contributed by atoms with Crippen molar-refractivity contribution in [2.24, 2.45) is 0 Å². The molecule has 0 bridgehead atoms. The van der Waals surface area contributed by atoms with Gasteiger partial charge in [-0.2, -0.15) is 4.98 Å². The van der Waals surface area contributed by atoms with Crippen molar-refractivity contribution in [1.29, 1.82) is 0 Å². The molecule has 104 valence electrons. The Bertz CT molecular complexity index is 615. The second kappa shape index (κ2) is 5.42. The molecular weight excluding hydrogens is 259 g/mol. The molecule has 1 aliphatic heterocycles. The number of benzene rings is 1. The van der Waals surface area contributed by atoms with E-state index < -0.39 is 0 Å². The number of nitrogens with one attached hydrogen (secondary N) is 2. The van der Waals surface area contributed by atoms with E-state index in [9.17, 15) is 4.39 Å². The van der Waals surface area contributed by atoms with Crippen LogP contribution < -0.4 is 15.4 Å². The molecule has 0 saturated heterocycles. The van der Waals surface area contributed by atoms with Crippen LogP contribution in [0.1, 0.15) is 11.3 Å². The van der Waals surface area contributed by atoms with Gasteiger partial charge in [0.2, 0.25) is 11.8 Å². The van der Waals surface area contributed by atoms with Gasteiger partial charge in [0.1, 0.15) is 5.82 Å². The zero-order valence-corrected chi connectivity index (χ0v) is 11.1. The summed E-state index contributed by atoms with van der Waals surface area (Å²) in [6, 6.07) is 6.18. The van der Waals surface area contributed by atoms with Crippen LogP contribution >= 0.6 is 0 Å². The summed E-state index contributed by atoms with van der Waals surface area (Å²) in [6.07, 6.45) is 0.846. The number of methoxy groups -OCH3 is 1. The summed E-state index contributed by atoms with van der Waals surface area (Å²) in [5.74, 6) is 0.687. The summed E-state index contributed by atoms with van der Waals surface area (Å²) in [7, 11) is 1.59. The molecule has 0 spiro atoms. The largest absolute Gasteiger partial charge is 0.481 e. The summed E-state index contributed by atoms with van der Waals surface area (Å²) < 4.78 is 18.5. The standard InChI is InChI=1S/C14H15FN4O/c1-20-13-11-5-6-16-8-12(11)18-14(19-13)17-10-4-2-3-9(15)7-10/h2-4,7,16H,5-6,8H2,1H3,(H,17,18,19). The minimum Gasteiger partial charge on any atom is -0.481 e. The van der Waals surface area contributed by atoms with E-state index in [0.29, 0.717) is 24.1 Å². The van der Waals surface area contributed by atoms with Gasteiger partial charge in [0, 0.05) is 17.8 Å². The van der Waals surface area contributed by atoms with Gasteiger partial charge < -0.3 is 15.4 Å². The highest BCUT2D eigenvalue weighted by molar-refractivity contribution is 5.54. The van der Waals surface area contributed by atoms with Crippen LogP contribution in [0.25, 0.3) is 0 Å². The summed E-state index contributed by atoms with van der Waals surface area (Å²) in [4.78, 5) is 8.79. The maximum absolute atomic E-state index is 13.2.